The molecular weight excluding hydrogens is 977 g/mol. The van der Waals surface area contributed by atoms with Gasteiger partial charge in [0, 0.05) is 33.5 Å². The summed E-state index contributed by atoms with van der Waals surface area (Å²) in [5, 5.41) is 7.26. The van der Waals surface area contributed by atoms with Gasteiger partial charge in [-0.25, -0.2) is 0 Å². The minimum absolute atomic E-state index is 0.543. The summed E-state index contributed by atoms with van der Waals surface area (Å²) in [6, 6.07) is 117. The van der Waals surface area contributed by atoms with E-state index < -0.39 is 5.41 Å². The first-order valence-corrected chi connectivity index (χ1v) is 28.1. The van der Waals surface area contributed by atoms with E-state index >= 15 is 0 Å². The number of hydrogen-bond donors (Lipinski definition) is 0. The summed E-state index contributed by atoms with van der Waals surface area (Å²) in [4.78, 5) is 4.90. The van der Waals surface area contributed by atoms with Gasteiger partial charge >= 0.3 is 0 Å². The van der Waals surface area contributed by atoms with Gasteiger partial charge in [0.15, 0.2) is 0 Å². The Labute approximate surface area is 472 Å². The summed E-state index contributed by atoms with van der Waals surface area (Å²) in [5.74, 6) is 0. The molecule has 2 aliphatic rings. The summed E-state index contributed by atoms with van der Waals surface area (Å²) in [6.45, 7) is 0. The third-order valence-corrected chi connectivity index (χ3v) is 17.3. The Morgan fingerprint density at radius 3 is 1.14 bits per heavy atom. The zero-order chi connectivity index (χ0) is 53.4. The van der Waals surface area contributed by atoms with Crippen molar-refractivity contribution in [1.29, 1.82) is 0 Å². The molecule has 0 saturated carbocycles. The Bertz CT molecular complexity index is 4730. The molecule has 14 aromatic carbocycles. The molecule has 0 N–H and O–H groups in total. The highest BCUT2D eigenvalue weighted by atomic mass is 15.1. The molecule has 0 aromatic heterocycles. The highest BCUT2D eigenvalue weighted by Crippen LogP contribution is 2.65. The van der Waals surface area contributed by atoms with Crippen LogP contribution in [0.15, 0.2) is 315 Å². The molecule has 14 aromatic rings. The smallest absolute Gasteiger partial charge is 0.0732 e. The molecule has 2 aliphatic carbocycles. The molecule has 0 fully saturated rings. The van der Waals surface area contributed by atoms with Crippen LogP contribution in [0.1, 0.15) is 22.3 Å². The van der Waals surface area contributed by atoms with Gasteiger partial charge in [-0.1, -0.05) is 255 Å². The second-order valence-electron chi connectivity index (χ2n) is 21.5. The number of benzene rings is 14. The molecule has 1 unspecified atom stereocenters. The quantitative estimate of drug-likeness (QED) is 0.142. The Morgan fingerprint density at radius 1 is 0.210 bits per heavy atom. The molecule has 0 saturated heterocycles. The Hall–Kier alpha value is -10.5. The van der Waals surface area contributed by atoms with Crippen molar-refractivity contribution in [2.24, 2.45) is 0 Å². The molecule has 16 rings (SSSR count). The molecule has 0 aliphatic heterocycles. The molecule has 81 heavy (non-hydrogen) atoms. The minimum atomic E-state index is -0.543. The maximum atomic E-state index is 2.52. The lowest BCUT2D eigenvalue weighted by Crippen LogP contribution is -2.26. The molecular formula is C79H52N2. The largest absolute Gasteiger partial charge is 0.310 e. The van der Waals surface area contributed by atoms with Gasteiger partial charge in [-0.15, -0.1) is 0 Å². The maximum Gasteiger partial charge on any atom is 0.0732 e. The lowest BCUT2D eigenvalue weighted by molar-refractivity contribution is 0.801. The predicted molar refractivity (Wildman–Crippen MR) is 341 cm³/mol. The van der Waals surface area contributed by atoms with Crippen LogP contribution in [0.3, 0.4) is 0 Å². The van der Waals surface area contributed by atoms with Crippen LogP contribution in [-0.2, 0) is 5.41 Å². The normalized spacial score (nSPS) is 13.7. The molecule has 0 amide bonds. The minimum Gasteiger partial charge on any atom is -0.310 e. The van der Waals surface area contributed by atoms with Gasteiger partial charge in [-0.2, -0.15) is 0 Å². The zero-order valence-electron chi connectivity index (χ0n) is 44.4. The molecule has 1 spiro atoms. The van der Waals surface area contributed by atoms with E-state index in [1.165, 1.54) is 110 Å². The number of anilines is 6. The lowest BCUT2D eigenvalue weighted by Gasteiger charge is -2.33. The SMILES string of the molecule is c1ccc(-c2ccc(N(c3ccccc3)c3ccc(-c4ccc(N(c5ccc(-c6ccccc6)cc5)c5ccc6c(c5)C5(c7ccccc7-6)c6ccccc6-c6ccc7ccccc7c65)c5ccccc45)c4ccccc34)cc2)cc1. The van der Waals surface area contributed by atoms with Gasteiger partial charge < -0.3 is 9.80 Å². The van der Waals surface area contributed by atoms with Crippen molar-refractivity contribution in [3.63, 3.8) is 0 Å². The van der Waals surface area contributed by atoms with Crippen LogP contribution in [-0.4, -0.2) is 0 Å². The van der Waals surface area contributed by atoms with Crippen LogP contribution in [0.5, 0.6) is 0 Å². The second-order valence-corrected chi connectivity index (χ2v) is 21.5. The van der Waals surface area contributed by atoms with Gasteiger partial charge in [-0.3, -0.25) is 0 Å². The van der Waals surface area contributed by atoms with Crippen molar-refractivity contribution in [2.75, 3.05) is 9.80 Å². The highest BCUT2D eigenvalue weighted by molar-refractivity contribution is 6.13. The topological polar surface area (TPSA) is 6.48 Å². The zero-order valence-corrected chi connectivity index (χ0v) is 44.4. The Balaban J connectivity index is 0.888. The highest BCUT2D eigenvalue weighted by Gasteiger charge is 2.52. The summed E-state index contributed by atoms with van der Waals surface area (Å²) < 4.78 is 0. The van der Waals surface area contributed by atoms with E-state index in [-0.39, 0.29) is 0 Å². The molecule has 1 atom stereocenters. The monoisotopic (exact) mass is 1030 g/mol. The molecule has 0 radical (unpaired) electrons. The van der Waals surface area contributed by atoms with Crippen molar-refractivity contribution in [1.82, 2.24) is 0 Å². The standard InChI is InChI=1S/C79H52N2/c1-4-20-53(21-5-1)55-36-41-59(42-37-55)80(58-25-8-3-9-26-58)76-50-48-65(63-28-12-14-32-70(63)76)66-49-51-77(71-33-15-13-29-64(66)71)81(60-43-38-56(39-44-60)54-22-6-2-7-23-54)61-45-47-69-67-30-16-18-34-73(67)79(75(69)52-61)74-35-19-17-31-68(74)72-46-40-57-24-10-11-27-62(57)78(72)79/h1-52H. The second kappa shape index (κ2) is 18.8. The van der Waals surface area contributed by atoms with Crippen LogP contribution in [0.25, 0.3) is 88.0 Å². The maximum absolute atomic E-state index is 2.52. The van der Waals surface area contributed by atoms with Crippen LogP contribution in [0.2, 0.25) is 0 Å². The average molecular weight is 1030 g/mol. The summed E-state index contributed by atoms with van der Waals surface area (Å²) >= 11 is 0. The third kappa shape index (κ3) is 7.27. The van der Waals surface area contributed by atoms with E-state index in [9.17, 15) is 0 Å². The van der Waals surface area contributed by atoms with Gasteiger partial charge in [0.1, 0.15) is 0 Å². The fourth-order valence-corrected chi connectivity index (χ4v) is 13.8. The first-order chi connectivity index (χ1) is 40.2. The van der Waals surface area contributed by atoms with Crippen molar-refractivity contribution in [3.05, 3.63) is 338 Å². The first kappa shape index (κ1) is 46.5. The van der Waals surface area contributed by atoms with Crippen LogP contribution >= 0.6 is 0 Å². The summed E-state index contributed by atoms with van der Waals surface area (Å²) in [6.07, 6.45) is 0. The van der Waals surface area contributed by atoms with Gasteiger partial charge in [0.2, 0.25) is 0 Å². The number of rotatable bonds is 9. The summed E-state index contributed by atoms with van der Waals surface area (Å²) in [7, 11) is 0. The fourth-order valence-electron chi connectivity index (χ4n) is 13.8. The fraction of sp³-hybridized carbons (Fsp3) is 0.0127. The van der Waals surface area contributed by atoms with Crippen molar-refractivity contribution < 1.29 is 0 Å². The molecule has 2 nitrogen and oxygen atoms in total. The van der Waals surface area contributed by atoms with Crippen LogP contribution in [0, 0.1) is 0 Å². The van der Waals surface area contributed by atoms with E-state index in [1.807, 2.05) is 0 Å². The van der Waals surface area contributed by atoms with Gasteiger partial charge in [0.05, 0.1) is 16.8 Å². The molecule has 0 heterocycles. The van der Waals surface area contributed by atoms with E-state index in [1.54, 1.807) is 0 Å². The molecule has 2 heteroatoms. The molecule has 0 bridgehead atoms. The average Bonchev–Trinajstić information content (AvgIpc) is 1.90. The van der Waals surface area contributed by atoms with Crippen molar-refractivity contribution >= 4 is 66.4 Å². The Morgan fingerprint density at radius 2 is 0.580 bits per heavy atom. The van der Waals surface area contributed by atoms with Gasteiger partial charge in [-0.05, 0) is 160 Å². The van der Waals surface area contributed by atoms with E-state index in [0.717, 1.165) is 34.1 Å². The molecule has 378 valence electrons. The summed E-state index contributed by atoms with van der Waals surface area (Å²) in [5.41, 5.74) is 23.7. The number of hydrogen-bond acceptors (Lipinski definition) is 2. The number of fused-ring (bicyclic) bond motifs is 14. The number of para-hydroxylation sites is 1. The van der Waals surface area contributed by atoms with Gasteiger partial charge in [0.25, 0.3) is 0 Å². The van der Waals surface area contributed by atoms with E-state index in [2.05, 4.69) is 325 Å². The van der Waals surface area contributed by atoms with Crippen molar-refractivity contribution in [3.8, 4) is 55.6 Å². The van der Waals surface area contributed by atoms with Crippen LogP contribution < -0.4 is 9.80 Å². The predicted octanol–water partition coefficient (Wildman–Crippen LogP) is 21.4. The number of nitrogens with zero attached hydrogens (tertiary/aromatic N) is 2. The van der Waals surface area contributed by atoms with E-state index in [0.29, 0.717) is 0 Å². The van der Waals surface area contributed by atoms with E-state index in [4.69, 9.17) is 0 Å². The van der Waals surface area contributed by atoms with Crippen molar-refractivity contribution in [2.45, 2.75) is 5.41 Å². The Kier molecular flexibility index (Phi) is 10.8. The first-order valence-electron chi connectivity index (χ1n) is 28.1. The third-order valence-electron chi connectivity index (χ3n) is 17.3. The lowest BCUT2D eigenvalue weighted by atomic mass is 9.69. The van der Waals surface area contributed by atoms with Crippen LogP contribution in [0.4, 0.5) is 34.1 Å².